The van der Waals surface area contributed by atoms with E-state index in [4.69, 9.17) is 14.5 Å². The van der Waals surface area contributed by atoms with Crippen molar-refractivity contribution in [3.63, 3.8) is 0 Å². The zero-order valence-corrected chi connectivity index (χ0v) is 19.1. The summed E-state index contributed by atoms with van der Waals surface area (Å²) in [5.74, 6) is 0. The standard InChI is InChI=1S/C23H27N3O4S/c1-15-7-8-26-20(13-17-14-25(9-10-30-17)23(27)29-3)22(24-21(26)11-15)19-6-5-18(31(4)28)12-16(19)2/h5-8,11-12,17H,9-10,13-14H2,1-4H3/t17-,31?/m0/s1. The lowest BCUT2D eigenvalue weighted by atomic mass is 10.0. The molecule has 1 fully saturated rings. The summed E-state index contributed by atoms with van der Waals surface area (Å²) in [6.07, 6.45) is 3.83. The largest absolute Gasteiger partial charge is 0.612 e. The van der Waals surface area contributed by atoms with Gasteiger partial charge in [-0.2, -0.15) is 0 Å². The number of morpholine rings is 1. The lowest BCUT2D eigenvalue weighted by Crippen LogP contribution is -2.46. The van der Waals surface area contributed by atoms with Crippen molar-refractivity contribution in [3.05, 3.63) is 53.3 Å². The molecule has 8 heteroatoms. The van der Waals surface area contributed by atoms with Gasteiger partial charge in [-0.1, -0.05) is 0 Å². The highest BCUT2D eigenvalue weighted by Gasteiger charge is 2.27. The van der Waals surface area contributed by atoms with Crippen molar-refractivity contribution in [2.45, 2.75) is 31.3 Å². The number of benzene rings is 1. The van der Waals surface area contributed by atoms with Crippen LogP contribution in [0.3, 0.4) is 0 Å². The first kappa shape index (κ1) is 21.7. The minimum Gasteiger partial charge on any atom is -0.612 e. The Kier molecular flexibility index (Phi) is 6.22. The molecule has 0 spiro atoms. The maximum absolute atomic E-state index is 12.0. The topological polar surface area (TPSA) is 79.1 Å². The summed E-state index contributed by atoms with van der Waals surface area (Å²) in [6, 6.07) is 9.96. The molecule has 0 saturated carbocycles. The number of amides is 1. The van der Waals surface area contributed by atoms with E-state index in [-0.39, 0.29) is 12.2 Å². The lowest BCUT2D eigenvalue weighted by molar-refractivity contribution is -0.0241. The first-order valence-corrected chi connectivity index (χ1v) is 11.8. The van der Waals surface area contributed by atoms with E-state index >= 15 is 0 Å². The molecule has 7 nitrogen and oxygen atoms in total. The molecule has 1 aliphatic rings. The Labute approximate surface area is 185 Å². The van der Waals surface area contributed by atoms with E-state index < -0.39 is 11.2 Å². The van der Waals surface area contributed by atoms with E-state index in [9.17, 15) is 9.35 Å². The van der Waals surface area contributed by atoms with E-state index in [1.807, 2.05) is 38.2 Å². The van der Waals surface area contributed by atoms with Crippen LogP contribution < -0.4 is 0 Å². The summed E-state index contributed by atoms with van der Waals surface area (Å²) < 4.78 is 24.9. The van der Waals surface area contributed by atoms with Gasteiger partial charge in [0.25, 0.3) is 0 Å². The highest BCUT2D eigenvalue weighted by atomic mass is 32.2. The number of methoxy groups -OCH3 is 1. The van der Waals surface area contributed by atoms with Crippen LogP contribution in [0.15, 0.2) is 41.4 Å². The van der Waals surface area contributed by atoms with E-state index in [1.165, 1.54) is 7.11 Å². The summed E-state index contributed by atoms with van der Waals surface area (Å²) in [5, 5.41) is 0. The number of ether oxygens (including phenoxy) is 2. The zero-order chi connectivity index (χ0) is 22.1. The van der Waals surface area contributed by atoms with Gasteiger partial charge in [0.15, 0.2) is 4.90 Å². The molecule has 2 aromatic heterocycles. The number of carbonyl (C=O) groups is 1. The third-order valence-corrected chi connectivity index (χ3v) is 6.58. The van der Waals surface area contributed by atoms with Gasteiger partial charge in [0.05, 0.1) is 37.8 Å². The van der Waals surface area contributed by atoms with Crippen LogP contribution in [0, 0.1) is 13.8 Å². The fourth-order valence-electron chi connectivity index (χ4n) is 4.04. The third kappa shape index (κ3) is 4.42. The number of hydrogen-bond acceptors (Lipinski definition) is 5. The molecule has 2 atom stereocenters. The molecule has 0 radical (unpaired) electrons. The monoisotopic (exact) mass is 441 g/mol. The molecule has 31 heavy (non-hydrogen) atoms. The van der Waals surface area contributed by atoms with Crippen LogP contribution in [-0.4, -0.2) is 64.1 Å². The normalized spacial score (nSPS) is 17.7. The number of nitrogens with zero attached hydrogens (tertiary/aromatic N) is 3. The molecular weight excluding hydrogens is 414 g/mol. The molecule has 4 rings (SSSR count). The molecule has 1 amide bonds. The molecule has 1 saturated heterocycles. The van der Waals surface area contributed by atoms with Gasteiger partial charge in [-0.05, 0) is 66.5 Å². The fraction of sp³-hybridized carbons (Fsp3) is 0.391. The lowest BCUT2D eigenvalue weighted by Gasteiger charge is -2.32. The first-order chi connectivity index (χ1) is 14.9. The van der Waals surface area contributed by atoms with Crippen LogP contribution in [0.25, 0.3) is 16.9 Å². The fourth-order valence-corrected chi connectivity index (χ4v) is 4.64. The van der Waals surface area contributed by atoms with Crippen molar-refractivity contribution in [1.82, 2.24) is 14.3 Å². The highest BCUT2D eigenvalue weighted by molar-refractivity contribution is 7.90. The molecule has 1 aromatic carbocycles. The predicted molar refractivity (Wildman–Crippen MR) is 120 cm³/mol. The van der Waals surface area contributed by atoms with Crippen LogP contribution in [0.2, 0.25) is 0 Å². The van der Waals surface area contributed by atoms with E-state index in [1.54, 1.807) is 11.2 Å². The molecule has 0 aliphatic carbocycles. The number of fused-ring (bicyclic) bond motifs is 1. The Hall–Kier alpha value is -2.55. The molecule has 1 unspecified atom stereocenters. The number of pyridine rings is 1. The van der Waals surface area contributed by atoms with Gasteiger partial charge in [-0.15, -0.1) is 0 Å². The van der Waals surface area contributed by atoms with Gasteiger partial charge in [0.1, 0.15) is 11.9 Å². The van der Waals surface area contributed by atoms with Crippen LogP contribution >= 0.6 is 0 Å². The molecule has 3 heterocycles. The molecular formula is C23H27N3O4S. The minimum absolute atomic E-state index is 0.157. The zero-order valence-electron chi connectivity index (χ0n) is 18.3. The van der Waals surface area contributed by atoms with Crippen molar-refractivity contribution < 1.29 is 18.8 Å². The average Bonchev–Trinajstić information content (AvgIpc) is 3.10. The molecule has 1 aliphatic heterocycles. The Morgan fingerprint density at radius 1 is 1.32 bits per heavy atom. The smallest absolute Gasteiger partial charge is 0.409 e. The van der Waals surface area contributed by atoms with E-state index in [2.05, 4.69) is 16.5 Å². The molecule has 0 bridgehead atoms. The summed E-state index contributed by atoms with van der Waals surface area (Å²) in [6.45, 7) is 5.53. The Morgan fingerprint density at radius 2 is 2.13 bits per heavy atom. The van der Waals surface area contributed by atoms with Gasteiger partial charge in [0.2, 0.25) is 0 Å². The number of carbonyl (C=O) groups excluding carboxylic acids is 1. The van der Waals surface area contributed by atoms with Gasteiger partial charge in [0, 0.05) is 24.7 Å². The summed E-state index contributed by atoms with van der Waals surface area (Å²) in [4.78, 5) is 19.4. The van der Waals surface area contributed by atoms with Crippen molar-refractivity contribution in [2.75, 3.05) is 33.1 Å². The second-order valence-electron chi connectivity index (χ2n) is 7.88. The summed E-state index contributed by atoms with van der Waals surface area (Å²) in [7, 11) is 1.40. The number of hydrogen-bond donors (Lipinski definition) is 0. The number of imidazole rings is 1. The molecule has 3 aromatic rings. The van der Waals surface area contributed by atoms with Crippen molar-refractivity contribution in [3.8, 4) is 11.3 Å². The molecule has 164 valence electrons. The van der Waals surface area contributed by atoms with Gasteiger partial charge in [-0.25, -0.2) is 9.78 Å². The Balaban J connectivity index is 1.75. The number of aryl methyl sites for hydroxylation is 2. The first-order valence-electron chi connectivity index (χ1n) is 10.2. The van der Waals surface area contributed by atoms with Crippen molar-refractivity contribution in [1.29, 1.82) is 0 Å². The minimum atomic E-state index is -1.04. The Morgan fingerprint density at radius 3 is 2.84 bits per heavy atom. The highest BCUT2D eigenvalue weighted by Crippen LogP contribution is 2.31. The van der Waals surface area contributed by atoms with E-state index in [0.29, 0.717) is 26.1 Å². The SMILES string of the molecule is COC(=O)N1CCO[C@@H](Cc2c(-c3ccc([S+](C)[O-])cc3C)nc3cc(C)ccn23)C1. The van der Waals surface area contributed by atoms with Crippen molar-refractivity contribution in [2.24, 2.45) is 0 Å². The second-order valence-corrected chi connectivity index (χ2v) is 9.26. The van der Waals surface area contributed by atoms with Crippen LogP contribution in [0.5, 0.6) is 0 Å². The summed E-state index contributed by atoms with van der Waals surface area (Å²) in [5.41, 5.74) is 5.94. The van der Waals surface area contributed by atoms with E-state index in [0.717, 1.165) is 38.6 Å². The molecule has 0 N–H and O–H groups in total. The van der Waals surface area contributed by atoms with Gasteiger partial charge >= 0.3 is 6.09 Å². The Bertz CT molecular complexity index is 1110. The van der Waals surface area contributed by atoms with Crippen LogP contribution in [0.1, 0.15) is 16.8 Å². The quantitative estimate of drug-likeness (QED) is 0.580. The maximum Gasteiger partial charge on any atom is 0.409 e. The summed E-state index contributed by atoms with van der Waals surface area (Å²) >= 11 is -1.04. The second kappa shape index (κ2) is 8.90. The number of aromatic nitrogens is 2. The predicted octanol–water partition coefficient (Wildman–Crippen LogP) is 3.37. The van der Waals surface area contributed by atoms with Gasteiger partial charge < -0.3 is 23.3 Å². The number of rotatable bonds is 4. The third-order valence-electron chi connectivity index (χ3n) is 5.66. The maximum atomic E-state index is 12.0. The van der Waals surface area contributed by atoms with Gasteiger partial charge in [-0.3, -0.25) is 0 Å². The average molecular weight is 442 g/mol. The van der Waals surface area contributed by atoms with Crippen LogP contribution in [0.4, 0.5) is 4.79 Å². The van der Waals surface area contributed by atoms with Crippen LogP contribution in [-0.2, 0) is 27.1 Å². The van der Waals surface area contributed by atoms with Crippen molar-refractivity contribution >= 4 is 22.9 Å².